The molecule has 5 rings (SSSR count). The van der Waals surface area contributed by atoms with Crippen LogP contribution in [0.25, 0.3) is 6.08 Å². The van der Waals surface area contributed by atoms with Gasteiger partial charge in [0.15, 0.2) is 0 Å². The third kappa shape index (κ3) is 3.93. The Morgan fingerprint density at radius 3 is 2.42 bits per heavy atom. The summed E-state index contributed by atoms with van der Waals surface area (Å²) in [6, 6.07) is 5.85. The van der Waals surface area contributed by atoms with E-state index in [2.05, 4.69) is 24.7 Å². The normalized spacial score (nSPS) is 41.7. The van der Waals surface area contributed by atoms with E-state index in [0.29, 0.717) is 17.8 Å². The lowest BCUT2D eigenvalue weighted by Crippen LogP contribution is -2.51. The van der Waals surface area contributed by atoms with Crippen molar-refractivity contribution in [2.75, 3.05) is 0 Å². The minimum Gasteiger partial charge on any atom is -0.406 e. The van der Waals surface area contributed by atoms with Gasteiger partial charge in [0.05, 0.1) is 12.2 Å². The van der Waals surface area contributed by atoms with Crippen molar-refractivity contribution in [1.82, 2.24) is 0 Å². The Balaban J connectivity index is 1.39. The van der Waals surface area contributed by atoms with Crippen molar-refractivity contribution in [3.8, 4) is 5.75 Å². The first-order valence-electron chi connectivity index (χ1n) is 12.1. The first kappa shape index (κ1) is 23.0. The fraction of sp³-hybridized carbons (Fsp3) is 0.630. The smallest absolute Gasteiger partial charge is 0.406 e. The number of fused-ring (bicyclic) bond motifs is 5. The zero-order valence-corrected chi connectivity index (χ0v) is 19.2. The Morgan fingerprint density at radius 1 is 1.00 bits per heavy atom. The molecule has 1 aromatic carbocycles. The molecule has 0 amide bonds. The van der Waals surface area contributed by atoms with E-state index in [4.69, 9.17) is 0 Å². The summed E-state index contributed by atoms with van der Waals surface area (Å²) in [5.41, 5.74) is 3.15. The monoisotopic (exact) mass is 462 g/mol. The molecule has 1 aromatic rings. The minimum atomic E-state index is -4.70. The lowest BCUT2D eigenvalue weighted by molar-refractivity contribution is -0.274. The molecular weight excluding hydrogens is 429 g/mol. The Labute approximate surface area is 193 Å². The zero-order chi connectivity index (χ0) is 23.6. The van der Waals surface area contributed by atoms with Crippen LogP contribution in [0, 0.1) is 28.6 Å². The number of hydrogen-bond acceptors (Lipinski definition) is 3. The number of aliphatic hydroxyl groups is 2. The molecule has 0 spiro atoms. The number of allylic oxidation sites excluding steroid dienone is 1. The molecule has 0 heterocycles. The van der Waals surface area contributed by atoms with Gasteiger partial charge in [0.25, 0.3) is 0 Å². The van der Waals surface area contributed by atoms with Crippen LogP contribution in [-0.2, 0) is 0 Å². The van der Waals surface area contributed by atoms with Gasteiger partial charge in [0, 0.05) is 5.41 Å². The van der Waals surface area contributed by atoms with E-state index < -0.39 is 12.5 Å². The van der Waals surface area contributed by atoms with Crippen LogP contribution < -0.4 is 4.74 Å². The van der Waals surface area contributed by atoms with Crippen molar-refractivity contribution in [3.05, 3.63) is 47.1 Å². The molecule has 0 aliphatic heterocycles. The molecule has 3 nitrogen and oxygen atoms in total. The van der Waals surface area contributed by atoms with Crippen LogP contribution in [0.3, 0.4) is 0 Å². The molecule has 4 aliphatic rings. The molecule has 180 valence electrons. The van der Waals surface area contributed by atoms with Crippen LogP contribution in [0.2, 0.25) is 0 Å². The molecular formula is C27H33F3O3. The quantitative estimate of drug-likeness (QED) is 0.510. The number of alkyl halides is 3. The van der Waals surface area contributed by atoms with Crippen molar-refractivity contribution in [2.24, 2.45) is 28.6 Å². The summed E-state index contributed by atoms with van der Waals surface area (Å²) in [6.07, 6.45) is 5.44. The van der Waals surface area contributed by atoms with Gasteiger partial charge in [-0.1, -0.05) is 43.7 Å². The summed E-state index contributed by atoms with van der Waals surface area (Å²) < 4.78 is 41.3. The van der Waals surface area contributed by atoms with E-state index in [0.717, 1.165) is 56.1 Å². The number of aliphatic hydroxyl groups excluding tert-OH is 2. The molecule has 33 heavy (non-hydrogen) atoms. The molecule has 0 bridgehead atoms. The summed E-state index contributed by atoms with van der Waals surface area (Å²) >= 11 is 0. The van der Waals surface area contributed by atoms with Gasteiger partial charge in [-0.2, -0.15) is 0 Å². The van der Waals surface area contributed by atoms with E-state index in [-0.39, 0.29) is 22.7 Å². The average Bonchev–Trinajstić information content (AvgIpc) is 2.99. The number of halogens is 3. The number of hydrogen-bond donors (Lipinski definition) is 2. The SMILES string of the molecule is C[C@]12CC[C@H]3[C@@H](CC=C4C[C@@H](O)CC[C@@]43C)[C@@H]1C/C(=C\c1ccc(OC(F)(F)F)cc1)[C@@H]2O. The molecule has 0 saturated heterocycles. The van der Waals surface area contributed by atoms with Crippen LogP contribution in [0.4, 0.5) is 13.2 Å². The molecule has 0 radical (unpaired) electrons. The van der Waals surface area contributed by atoms with Gasteiger partial charge in [-0.25, -0.2) is 0 Å². The average molecular weight is 463 g/mol. The third-order valence-electron chi connectivity index (χ3n) is 9.41. The summed E-state index contributed by atoms with van der Waals surface area (Å²) in [5.74, 6) is 1.23. The topological polar surface area (TPSA) is 49.7 Å². The lowest BCUT2D eigenvalue weighted by Gasteiger charge is -2.57. The number of rotatable bonds is 2. The third-order valence-corrected chi connectivity index (χ3v) is 9.41. The highest BCUT2D eigenvalue weighted by molar-refractivity contribution is 5.56. The zero-order valence-electron chi connectivity index (χ0n) is 19.2. The largest absolute Gasteiger partial charge is 0.573 e. The van der Waals surface area contributed by atoms with Crippen molar-refractivity contribution in [2.45, 2.75) is 77.4 Å². The minimum absolute atomic E-state index is 0.148. The van der Waals surface area contributed by atoms with Crippen molar-refractivity contribution in [3.63, 3.8) is 0 Å². The van der Waals surface area contributed by atoms with E-state index in [9.17, 15) is 23.4 Å². The van der Waals surface area contributed by atoms with Gasteiger partial charge in [0.2, 0.25) is 0 Å². The highest BCUT2D eigenvalue weighted by atomic mass is 19.4. The second-order valence-corrected chi connectivity index (χ2v) is 11.1. The Morgan fingerprint density at radius 2 is 1.73 bits per heavy atom. The highest BCUT2D eigenvalue weighted by Gasteiger charge is 2.59. The van der Waals surface area contributed by atoms with Crippen LogP contribution in [0.5, 0.6) is 5.75 Å². The van der Waals surface area contributed by atoms with Gasteiger partial charge in [-0.3, -0.25) is 0 Å². The van der Waals surface area contributed by atoms with E-state index in [1.165, 1.54) is 17.7 Å². The fourth-order valence-electron chi connectivity index (χ4n) is 7.62. The molecule has 4 aliphatic carbocycles. The first-order chi connectivity index (χ1) is 15.5. The summed E-state index contributed by atoms with van der Waals surface area (Å²) in [7, 11) is 0. The van der Waals surface area contributed by atoms with Crippen LogP contribution in [0.1, 0.15) is 64.4 Å². The van der Waals surface area contributed by atoms with Crippen molar-refractivity contribution < 1.29 is 28.1 Å². The summed E-state index contributed by atoms with van der Waals surface area (Å²) in [6.45, 7) is 4.60. The van der Waals surface area contributed by atoms with Crippen molar-refractivity contribution in [1.29, 1.82) is 0 Å². The Bertz CT molecular complexity index is 966. The van der Waals surface area contributed by atoms with Gasteiger partial charge in [-0.05, 0) is 91.4 Å². The van der Waals surface area contributed by atoms with Gasteiger partial charge in [-0.15, -0.1) is 13.2 Å². The maximum atomic E-state index is 12.4. The van der Waals surface area contributed by atoms with Gasteiger partial charge >= 0.3 is 6.36 Å². The van der Waals surface area contributed by atoms with Gasteiger partial charge < -0.3 is 14.9 Å². The predicted molar refractivity (Wildman–Crippen MR) is 120 cm³/mol. The Hall–Kier alpha value is -1.79. The molecule has 3 saturated carbocycles. The molecule has 3 fully saturated rings. The van der Waals surface area contributed by atoms with Gasteiger partial charge in [0.1, 0.15) is 5.75 Å². The van der Waals surface area contributed by atoms with E-state index in [1.54, 1.807) is 12.1 Å². The maximum absolute atomic E-state index is 12.4. The molecule has 2 N–H and O–H groups in total. The van der Waals surface area contributed by atoms with Crippen molar-refractivity contribution >= 4 is 6.08 Å². The second kappa shape index (κ2) is 7.88. The predicted octanol–water partition coefficient (Wildman–Crippen LogP) is 6.26. The lowest BCUT2D eigenvalue weighted by atomic mass is 9.48. The number of benzene rings is 1. The summed E-state index contributed by atoms with van der Waals surface area (Å²) in [4.78, 5) is 0. The highest BCUT2D eigenvalue weighted by Crippen LogP contribution is 2.65. The molecule has 0 aromatic heterocycles. The molecule has 7 atom stereocenters. The maximum Gasteiger partial charge on any atom is 0.573 e. The van der Waals surface area contributed by atoms with Crippen LogP contribution in [0.15, 0.2) is 41.5 Å². The first-order valence-corrected chi connectivity index (χ1v) is 12.1. The molecule has 6 heteroatoms. The van der Waals surface area contributed by atoms with E-state index in [1.807, 2.05) is 6.08 Å². The van der Waals surface area contributed by atoms with Crippen LogP contribution in [-0.4, -0.2) is 28.8 Å². The standard InChI is InChI=1S/C27H33F3O3/c1-25-11-9-19(31)15-18(25)5-8-21-22(25)10-12-26(2)23(21)14-17(24(26)32)13-16-3-6-20(7-4-16)33-27(28,29)30/h3-7,13,19,21-24,31-32H,8-12,14-15H2,1-2H3/b17-13+/t19-,21+,22-,23-,24-,25-,26-/m0/s1. The second-order valence-electron chi connectivity index (χ2n) is 11.1. The number of ether oxygens (including phenoxy) is 1. The molecule has 0 unspecified atom stereocenters. The van der Waals surface area contributed by atoms with Crippen LogP contribution >= 0.6 is 0 Å². The summed E-state index contributed by atoms with van der Waals surface area (Å²) in [5, 5.41) is 21.5. The van der Waals surface area contributed by atoms with E-state index >= 15 is 0 Å². The fourth-order valence-corrected chi connectivity index (χ4v) is 7.62. The Kier molecular flexibility index (Phi) is 5.48.